The molecule has 0 radical (unpaired) electrons. The third-order valence-corrected chi connectivity index (χ3v) is 5.65. The lowest BCUT2D eigenvalue weighted by atomic mass is 10.0. The fourth-order valence-electron chi connectivity index (χ4n) is 2.65. The zero-order valence-electron chi connectivity index (χ0n) is 11.4. The molecular formula is C16H17NOS2. The van der Waals surface area contributed by atoms with E-state index in [-0.39, 0.29) is 6.61 Å². The number of nitrogens with zero attached hydrogens (tertiary/aromatic N) is 1. The topological polar surface area (TPSA) is 23.5 Å². The first-order valence-electron chi connectivity index (χ1n) is 6.75. The van der Waals surface area contributed by atoms with Crippen molar-refractivity contribution in [3.8, 4) is 11.8 Å². The molecule has 2 aromatic heterocycles. The van der Waals surface area contributed by atoms with Gasteiger partial charge >= 0.3 is 0 Å². The number of hydrogen-bond acceptors (Lipinski definition) is 4. The summed E-state index contributed by atoms with van der Waals surface area (Å²) in [5, 5.41) is 13.0. The van der Waals surface area contributed by atoms with E-state index in [4.69, 9.17) is 5.11 Å². The standard InChI is InChI=1S/C16H17NOS2/c1-12-15-5-8-19-16(15)4-6-17(12)10-14-9-13(11-20-14)3-2-7-18/h5,8-9,11-12,18H,4,6-7,10H2,1H3. The van der Waals surface area contributed by atoms with Gasteiger partial charge in [-0.2, -0.15) is 0 Å². The minimum absolute atomic E-state index is 0.0741. The molecule has 1 atom stereocenters. The molecule has 4 heteroatoms. The fourth-order valence-corrected chi connectivity index (χ4v) is 4.45. The third-order valence-electron chi connectivity index (χ3n) is 3.73. The molecule has 1 unspecified atom stereocenters. The van der Waals surface area contributed by atoms with Gasteiger partial charge in [0.2, 0.25) is 0 Å². The van der Waals surface area contributed by atoms with Crippen LogP contribution in [-0.4, -0.2) is 23.2 Å². The molecule has 0 fully saturated rings. The van der Waals surface area contributed by atoms with Crippen molar-refractivity contribution < 1.29 is 5.11 Å². The molecule has 0 amide bonds. The van der Waals surface area contributed by atoms with Crippen LogP contribution in [0.25, 0.3) is 0 Å². The molecule has 3 rings (SSSR count). The van der Waals surface area contributed by atoms with E-state index < -0.39 is 0 Å². The Morgan fingerprint density at radius 2 is 2.35 bits per heavy atom. The molecule has 0 aliphatic carbocycles. The van der Waals surface area contributed by atoms with Crippen molar-refractivity contribution in [3.05, 3.63) is 43.8 Å². The first-order valence-corrected chi connectivity index (χ1v) is 8.51. The number of hydrogen-bond donors (Lipinski definition) is 1. The van der Waals surface area contributed by atoms with Crippen molar-refractivity contribution in [3.63, 3.8) is 0 Å². The van der Waals surface area contributed by atoms with Crippen LogP contribution in [-0.2, 0) is 13.0 Å². The first kappa shape index (κ1) is 13.8. The van der Waals surface area contributed by atoms with Crippen molar-refractivity contribution in [1.29, 1.82) is 0 Å². The average Bonchev–Trinajstić information content (AvgIpc) is 3.09. The van der Waals surface area contributed by atoms with Gasteiger partial charge in [-0.25, -0.2) is 0 Å². The summed E-state index contributed by atoms with van der Waals surface area (Å²) >= 11 is 3.64. The summed E-state index contributed by atoms with van der Waals surface area (Å²) in [6.07, 6.45) is 1.17. The molecule has 2 nitrogen and oxygen atoms in total. The zero-order chi connectivity index (χ0) is 13.9. The monoisotopic (exact) mass is 303 g/mol. The first-order chi connectivity index (χ1) is 9.78. The molecule has 1 aliphatic rings. The Kier molecular flexibility index (Phi) is 4.23. The number of thiophene rings is 2. The maximum Gasteiger partial charge on any atom is 0.104 e. The molecule has 2 aromatic rings. The number of aliphatic hydroxyl groups is 1. The molecule has 0 saturated heterocycles. The van der Waals surface area contributed by atoms with E-state index in [1.54, 1.807) is 16.2 Å². The maximum atomic E-state index is 8.73. The smallest absolute Gasteiger partial charge is 0.104 e. The van der Waals surface area contributed by atoms with Gasteiger partial charge in [-0.15, -0.1) is 22.7 Å². The Morgan fingerprint density at radius 3 is 3.20 bits per heavy atom. The van der Waals surface area contributed by atoms with Gasteiger partial charge in [-0.3, -0.25) is 4.90 Å². The van der Waals surface area contributed by atoms with Crippen molar-refractivity contribution >= 4 is 22.7 Å². The molecule has 3 heterocycles. The highest BCUT2D eigenvalue weighted by Gasteiger charge is 2.24. The fraction of sp³-hybridized carbons (Fsp3) is 0.375. The highest BCUT2D eigenvalue weighted by Crippen LogP contribution is 2.34. The number of aliphatic hydroxyl groups excluding tert-OH is 1. The van der Waals surface area contributed by atoms with Crippen LogP contribution in [0.4, 0.5) is 0 Å². The lowest BCUT2D eigenvalue weighted by Gasteiger charge is -2.33. The summed E-state index contributed by atoms with van der Waals surface area (Å²) in [6, 6.07) is 4.91. The lowest BCUT2D eigenvalue weighted by Crippen LogP contribution is -2.32. The van der Waals surface area contributed by atoms with Gasteiger partial charge in [0.25, 0.3) is 0 Å². The van der Waals surface area contributed by atoms with Gasteiger partial charge in [-0.1, -0.05) is 11.8 Å². The van der Waals surface area contributed by atoms with Crippen molar-refractivity contribution in [2.45, 2.75) is 25.9 Å². The molecule has 0 spiro atoms. The highest BCUT2D eigenvalue weighted by atomic mass is 32.1. The van der Waals surface area contributed by atoms with Gasteiger partial charge < -0.3 is 5.11 Å². The second kappa shape index (κ2) is 6.11. The SMILES string of the molecule is CC1c2ccsc2CCN1Cc1cc(C#CCO)cs1. The third kappa shape index (κ3) is 2.82. The largest absolute Gasteiger partial charge is 0.384 e. The Labute approximate surface area is 127 Å². The summed E-state index contributed by atoms with van der Waals surface area (Å²) in [5.74, 6) is 5.67. The zero-order valence-corrected chi connectivity index (χ0v) is 13.1. The van der Waals surface area contributed by atoms with Gasteiger partial charge in [0.1, 0.15) is 6.61 Å². The highest BCUT2D eigenvalue weighted by molar-refractivity contribution is 7.10. The Hall–Kier alpha value is -1.12. The molecule has 0 bridgehead atoms. The quantitative estimate of drug-likeness (QED) is 0.861. The Morgan fingerprint density at radius 1 is 1.45 bits per heavy atom. The van der Waals surface area contributed by atoms with E-state index in [2.05, 4.69) is 46.6 Å². The van der Waals surface area contributed by atoms with Crippen LogP contribution < -0.4 is 0 Å². The molecule has 20 heavy (non-hydrogen) atoms. The molecule has 1 N–H and O–H groups in total. The van der Waals surface area contributed by atoms with Gasteiger partial charge in [0, 0.05) is 39.8 Å². The minimum Gasteiger partial charge on any atom is -0.384 e. The number of rotatable bonds is 2. The summed E-state index contributed by atoms with van der Waals surface area (Å²) in [6.45, 7) is 4.34. The Balaban J connectivity index is 1.71. The van der Waals surface area contributed by atoms with Crippen LogP contribution in [0, 0.1) is 11.8 Å². The predicted octanol–water partition coefficient (Wildman–Crippen LogP) is 3.27. The average molecular weight is 303 g/mol. The molecular weight excluding hydrogens is 286 g/mol. The van der Waals surface area contributed by atoms with Crippen molar-refractivity contribution in [1.82, 2.24) is 4.90 Å². The van der Waals surface area contributed by atoms with E-state index in [0.29, 0.717) is 6.04 Å². The molecule has 104 valence electrons. The minimum atomic E-state index is -0.0741. The van der Waals surface area contributed by atoms with E-state index in [0.717, 1.165) is 18.7 Å². The van der Waals surface area contributed by atoms with E-state index >= 15 is 0 Å². The second-order valence-corrected chi connectivity index (χ2v) is 6.95. The predicted molar refractivity (Wildman–Crippen MR) is 85.1 cm³/mol. The summed E-state index contributed by atoms with van der Waals surface area (Å²) < 4.78 is 0. The second-order valence-electron chi connectivity index (χ2n) is 4.96. The molecule has 1 aliphatic heterocycles. The van der Waals surface area contributed by atoms with Crippen LogP contribution in [0.3, 0.4) is 0 Å². The summed E-state index contributed by atoms with van der Waals surface area (Å²) in [5.41, 5.74) is 2.51. The van der Waals surface area contributed by atoms with Crippen LogP contribution in [0.2, 0.25) is 0 Å². The molecule has 0 saturated carbocycles. The van der Waals surface area contributed by atoms with E-state index in [9.17, 15) is 0 Å². The van der Waals surface area contributed by atoms with Gasteiger partial charge in [-0.05, 0) is 36.4 Å². The normalized spacial score (nSPS) is 18.4. The van der Waals surface area contributed by atoms with Crippen LogP contribution in [0.1, 0.15) is 33.8 Å². The van der Waals surface area contributed by atoms with Crippen molar-refractivity contribution in [2.75, 3.05) is 13.2 Å². The molecule has 0 aromatic carbocycles. The van der Waals surface area contributed by atoms with Crippen LogP contribution in [0.15, 0.2) is 22.9 Å². The maximum absolute atomic E-state index is 8.73. The van der Waals surface area contributed by atoms with Gasteiger partial charge in [0.05, 0.1) is 0 Å². The number of fused-ring (bicyclic) bond motifs is 1. The van der Waals surface area contributed by atoms with E-state index in [1.165, 1.54) is 16.9 Å². The lowest BCUT2D eigenvalue weighted by molar-refractivity contribution is 0.193. The summed E-state index contributed by atoms with van der Waals surface area (Å²) in [7, 11) is 0. The van der Waals surface area contributed by atoms with Crippen LogP contribution >= 0.6 is 22.7 Å². The Bertz CT molecular complexity index is 647. The van der Waals surface area contributed by atoms with Crippen LogP contribution in [0.5, 0.6) is 0 Å². The van der Waals surface area contributed by atoms with Crippen molar-refractivity contribution in [2.24, 2.45) is 0 Å². The summed E-state index contributed by atoms with van der Waals surface area (Å²) in [4.78, 5) is 5.43. The van der Waals surface area contributed by atoms with E-state index in [1.807, 2.05) is 11.3 Å². The van der Waals surface area contributed by atoms with Gasteiger partial charge in [0.15, 0.2) is 0 Å².